The Morgan fingerprint density at radius 2 is 1.60 bits per heavy atom. The fraction of sp³-hybridized carbons (Fsp3) is 0.500. The van der Waals surface area contributed by atoms with E-state index in [1.807, 2.05) is 0 Å². The van der Waals surface area contributed by atoms with Crippen molar-refractivity contribution in [1.29, 1.82) is 0 Å². The van der Waals surface area contributed by atoms with Gasteiger partial charge in [0.15, 0.2) is 9.84 Å². The molecule has 0 amide bonds. The molecule has 2 rings (SSSR count). The van der Waals surface area contributed by atoms with E-state index in [9.17, 15) is 16.8 Å². The zero-order chi connectivity index (χ0) is 15.0. The average molecular weight is 319 g/mol. The van der Waals surface area contributed by atoms with Crippen LogP contribution in [0.1, 0.15) is 12.8 Å². The molecule has 1 aliphatic rings. The van der Waals surface area contributed by atoms with Crippen LogP contribution in [0.2, 0.25) is 0 Å². The monoisotopic (exact) mass is 319 g/mol. The number of aliphatic hydroxyl groups is 1. The third-order valence-corrected chi connectivity index (χ3v) is 6.23. The molecule has 8 heteroatoms. The second-order valence-corrected chi connectivity index (χ2v) is 8.72. The van der Waals surface area contributed by atoms with Crippen LogP contribution in [0.15, 0.2) is 34.1 Å². The molecule has 0 saturated heterocycles. The van der Waals surface area contributed by atoms with Crippen LogP contribution in [0, 0.1) is 0 Å². The molecule has 0 heterocycles. The Labute approximate surface area is 119 Å². The lowest BCUT2D eigenvalue weighted by Gasteiger charge is -2.20. The zero-order valence-corrected chi connectivity index (χ0v) is 12.7. The first-order chi connectivity index (χ1) is 9.26. The molecule has 1 aliphatic carbocycles. The Bertz CT molecular complexity index is 675. The zero-order valence-electron chi connectivity index (χ0n) is 11.1. The summed E-state index contributed by atoms with van der Waals surface area (Å²) in [5.41, 5.74) is 0. The summed E-state index contributed by atoms with van der Waals surface area (Å²) in [6.07, 6.45) is 2.65. The van der Waals surface area contributed by atoms with Crippen LogP contribution >= 0.6 is 0 Å². The van der Waals surface area contributed by atoms with Crippen molar-refractivity contribution in [3.05, 3.63) is 24.3 Å². The number of hydrogen-bond donors (Lipinski definition) is 1. The SMILES string of the molecule is CS(=O)(=O)c1ccc(S(=O)(=O)N(CCO)C2CC2)cc1. The van der Waals surface area contributed by atoms with Crippen molar-refractivity contribution in [3.63, 3.8) is 0 Å². The molecule has 112 valence electrons. The summed E-state index contributed by atoms with van der Waals surface area (Å²) in [6.45, 7) is -0.183. The fourth-order valence-electron chi connectivity index (χ4n) is 1.95. The van der Waals surface area contributed by atoms with Gasteiger partial charge in [0.1, 0.15) is 0 Å². The summed E-state index contributed by atoms with van der Waals surface area (Å²) in [5.74, 6) is 0. The van der Waals surface area contributed by atoms with E-state index >= 15 is 0 Å². The van der Waals surface area contributed by atoms with Gasteiger partial charge in [0, 0.05) is 18.8 Å². The predicted molar refractivity (Wildman–Crippen MR) is 73.6 cm³/mol. The lowest BCUT2D eigenvalue weighted by molar-refractivity contribution is 0.250. The summed E-state index contributed by atoms with van der Waals surface area (Å²) in [7, 11) is -7.03. The van der Waals surface area contributed by atoms with Crippen LogP contribution in [0.5, 0.6) is 0 Å². The van der Waals surface area contributed by atoms with Crippen molar-refractivity contribution >= 4 is 19.9 Å². The minimum Gasteiger partial charge on any atom is -0.395 e. The highest BCUT2D eigenvalue weighted by molar-refractivity contribution is 7.90. The second-order valence-electron chi connectivity index (χ2n) is 4.81. The fourth-order valence-corrected chi connectivity index (χ4v) is 4.26. The van der Waals surface area contributed by atoms with Gasteiger partial charge in [-0.15, -0.1) is 0 Å². The van der Waals surface area contributed by atoms with Gasteiger partial charge in [0.2, 0.25) is 10.0 Å². The molecular formula is C12H17NO5S2. The number of sulfone groups is 1. The van der Waals surface area contributed by atoms with Crippen LogP contribution in [-0.2, 0) is 19.9 Å². The van der Waals surface area contributed by atoms with Crippen LogP contribution in [0.3, 0.4) is 0 Å². The molecule has 0 bridgehead atoms. The van der Waals surface area contributed by atoms with Crippen molar-refractivity contribution in [2.75, 3.05) is 19.4 Å². The van der Waals surface area contributed by atoms with E-state index in [1.165, 1.54) is 28.6 Å². The van der Waals surface area contributed by atoms with E-state index < -0.39 is 19.9 Å². The molecule has 1 saturated carbocycles. The lowest BCUT2D eigenvalue weighted by atomic mass is 10.4. The summed E-state index contributed by atoms with van der Waals surface area (Å²) in [5, 5.41) is 8.99. The lowest BCUT2D eigenvalue weighted by Crippen LogP contribution is -2.35. The Balaban J connectivity index is 2.34. The van der Waals surface area contributed by atoms with E-state index in [2.05, 4.69) is 0 Å². The van der Waals surface area contributed by atoms with Gasteiger partial charge < -0.3 is 5.11 Å². The molecule has 0 radical (unpaired) electrons. The summed E-state index contributed by atoms with van der Waals surface area (Å²) >= 11 is 0. The molecule has 0 spiro atoms. The number of sulfonamides is 1. The smallest absolute Gasteiger partial charge is 0.243 e. The van der Waals surface area contributed by atoms with Crippen molar-refractivity contribution in [2.24, 2.45) is 0 Å². The van der Waals surface area contributed by atoms with E-state index in [0.717, 1.165) is 19.1 Å². The standard InChI is InChI=1S/C12H17NO5S2/c1-19(15,16)11-4-6-12(7-5-11)20(17,18)13(8-9-14)10-2-3-10/h4-7,10,14H,2-3,8-9H2,1H3. The number of benzene rings is 1. The highest BCUT2D eigenvalue weighted by Crippen LogP contribution is 2.31. The van der Waals surface area contributed by atoms with Gasteiger partial charge in [-0.25, -0.2) is 16.8 Å². The Hall–Kier alpha value is -0.960. The maximum absolute atomic E-state index is 12.4. The van der Waals surface area contributed by atoms with Crippen LogP contribution in [-0.4, -0.2) is 51.7 Å². The summed E-state index contributed by atoms with van der Waals surface area (Å²) in [4.78, 5) is 0.127. The van der Waals surface area contributed by atoms with Gasteiger partial charge in [0.05, 0.1) is 16.4 Å². The Kier molecular flexibility index (Phi) is 4.19. The van der Waals surface area contributed by atoms with E-state index in [-0.39, 0.29) is 29.0 Å². The first-order valence-corrected chi connectivity index (χ1v) is 9.53. The highest BCUT2D eigenvalue weighted by Gasteiger charge is 2.37. The molecule has 1 fully saturated rings. The maximum Gasteiger partial charge on any atom is 0.243 e. The first-order valence-electron chi connectivity index (χ1n) is 6.19. The third-order valence-electron chi connectivity index (χ3n) is 3.13. The largest absolute Gasteiger partial charge is 0.395 e. The highest BCUT2D eigenvalue weighted by atomic mass is 32.2. The van der Waals surface area contributed by atoms with Gasteiger partial charge in [-0.1, -0.05) is 0 Å². The van der Waals surface area contributed by atoms with E-state index in [1.54, 1.807) is 0 Å². The van der Waals surface area contributed by atoms with Gasteiger partial charge >= 0.3 is 0 Å². The third kappa shape index (κ3) is 3.20. The van der Waals surface area contributed by atoms with Crippen molar-refractivity contribution in [1.82, 2.24) is 4.31 Å². The molecular weight excluding hydrogens is 302 g/mol. The van der Waals surface area contributed by atoms with Gasteiger partial charge in [-0.05, 0) is 37.1 Å². The number of hydrogen-bond acceptors (Lipinski definition) is 5. The predicted octanol–water partition coefficient (Wildman–Crippen LogP) is 0.236. The van der Waals surface area contributed by atoms with Crippen LogP contribution in [0.25, 0.3) is 0 Å². The van der Waals surface area contributed by atoms with Crippen molar-refractivity contribution < 1.29 is 21.9 Å². The number of nitrogens with zero attached hydrogens (tertiary/aromatic N) is 1. The quantitative estimate of drug-likeness (QED) is 0.811. The van der Waals surface area contributed by atoms with Crippen molar-refractivity contribution in [2.45, 2.75) is 28.7 Å². The van der Waals surface area contributed by atoms with Gasteiger partial charge in [-0.3, -0.25) is 0 Å². The molecule has 0 aliphatic heterocycles. The Morgan fingerprint density at radius 1 is 1.10 bits per heavy atom. The van der Waals surface area contributed by atoms with Crippen LogP contribution in [0.4, 0.5) is 0 Å². The molecule has 6 nitrogen and oxygen atoms in total. The van der Waals surface area contributed by atoms with E-state index in [0.29, 0.717) is 0 Å². The molecule has 1 aromatic rings. The minimum absolute atomic E-state index is 0.0465. The van der Waals surface area contributed by atoms with Crippen molar-refractivity contribution in [3.8, 4) is 0 Å². The second kappa shape index (κ2) is 5.44. The summed E-state index contributed by atoms with van der Waals surface area (Å²) < 4.78 is 48.9. The Morgan fingerprint density at radius 3 is 2.00 bits per heavy atom. The molecule has 0 atom stereocenters. The molecule has 0 aromatic heterocycles. The number of aliphatic hydroxyl groups excluding tert-OH is 1. The number of rotatable bonds is 6. The maximum atomic E-state index is 12.4. The molecule has 1 N–H and O–H groups in total. The topological polar surface area (TPSA) is 91.8 Å². The van der Waals surface area contributed by atoms with Crippen LogP contribution < -0.4 is 0 Å². The van der Waals surface area contributed by atoms with E-state index in [4.69, 9.17) is 5.11 Å². The van der Waals surface area contributed by atoms with Gasteiger partial charge in [-0.2, -0.15) is 4.31 Å². The molecule has 0 unspecified atom stereocenters. The van der Waals surface area contributed by atoms with Gasteiger partial charge in [0.25, 0.3) is 0 Å². The summed E-state index contributed by atoms with van der Waals surface area (Å²) in [6, 6.07) is 5.09. The normalized spacial score (nSPS) is 16.6. The first kappa shape index (κ1) is 15.4. The minimum atomic E-state index is -3.68. The molecule has 20 heavy (non-hydrogen) atoms. The molecule has 1 aromatic carbocycles. The average Bonchev–Trinajstić information content (AvgIpc) is 3.19.